The Morgan fingerprint density at radius 1 is 0.962 bits per heavy atom. The van der Waals surface area contributed by atoms with E-state index in [-0.39, 0.29) is 18.4 Å². The van der Waals surface area contributed by atoms with E-state index in [1.807, 2.05) is 37.4 Å². The molecular formula is C21H27NO4. The number of rotatable bonds is 8. The molecule has 2 rings (SSSR count). The highest BCUT2D eigenvalue weighted by molar-refractivity contribution is 5.79. The van der Waals surface area contributed by atoms with Gasteiger partial charge in [0.1, 0.15) is 0 Å². The number of hydrogen-bond donors (Lipinski definition) is 0. The first kappa shape index (κ1) is 19.6. The Morgan fingerprint density at radius 2 is 1.54 bits per heavy atom. The summed E-state index contributed by atoms with van der Waals surface area (Å²) in [6, 6.07) is 13.9. The quantitative estimate of drug-likeness (QED) is 0.727. The smallest absolute Gasteiger partial charge is 0.226 e. The van der Waals surface area contributed by atoms with E-state index >= 15 is 0 Å². The van der Waals surface area contributed by atoms with Crippen molar-refractivity contribution in [1.82, 2.24) is 4.90 Å². The molecule has 140 valence electrons. The largest absolute Gasteiger partial charge is 0.493 e. The lowest BCUT2D eigenvalue weighted by molar-refractivity contribution is -0.130. The molecule has 2 aromatic rings. The fourth-order valence-corrected chi connectivity index (χ4v) is 2.87. The van der Waals surface area contributed by atoms with E-state index in [0.717, 1.165) is 12.0 Å². The molecule has 0 aliphatic heterocycles. The second-order valence-electron chi connectivity index (χ2n) is 6.25. The Kier molecular flexibility index (Phi) is 6.89. The van der Waals surface area contributed by atoms with Crippen molar-refractivity contribution in [2.45, 2.75) is 25.8 Å². The number of carbonyl (C=O) groups is 1. The summed E-state index contributed by atoms with van der Waals surface area (Å²) in [5.41, 5.74) is 2.04. The number of likely N-dealkylation sites (N-methyl/N-ethyl adjacent to an activating group) is 1. The van der Waals surface area contributed by atoms with Gasteiger partial charge in [-0.05, 0) is 36.6 Å². The lowest BCUT2D eigenvalue weighted by atomic mass is 10.0. The van der Waals surface area contributed by atoms with Gasteiger partial charge in [0, 0.05) is 13.1 Å². The minimum absolute atomic E-state index is 0.0442. The first-order valence-electron chi connectivity index (χ1n) is 8.58. The number of carbonyl (C=O) groups excluding carboxylic acids is 1. The third-order valence-corrected chi connectivity index (χ3v) is 4.51. The van der Waals surface area contributed by atoms with Crippen LogP contribution in [0.4, 0.5) is 0 Å². The molecule has 0 bridgehead atoms. The van der Waals surface area contributed by atoms with Crippen LogP contribution in [-0.2, 0) is 17.6 Å². The van der Waals surface area contributed by atoms with E-state index in [1.165, 1.54) is 5.56 Å². The van der Waals surface area contributed by atoms with Gasteiger partial charge in [-0.1, -0.05) is 30.3 Å². The Labute approximate surface area is 155 Å². The first-order chi connectivity index (χ1) is 12.5. The van der Waals surface area contributed by atoms with Crippen LogP contribution >= 0.6 is 0 Å². The third kappa shape index (κ3) is 4.69. The molecule has 26 heavy (non-hydrogen) atoms. The van der Waals surface area contributed by atoms with E-state index in [1.54, 1.807) is 26.2 Å². The van der Waals surface area contributed by atoms with Crippen LogP contribution in [0.2, 0.25) is 0 Å². The molecule has 0 aliphatic carbocycles. The van der Waals surface area contributed by atoms with Crippen molar-refractivity contribution in [3.8, 4) is 17.2 Å². The van der Waals surface area contributed by atoms with Gasteiger partial charge in [-0.25, -0.2) is 0 Å². The summed E-state index contributed by atoms with van der Waals surface area (Å²) in [6.07, 6.45) is 1.09. The molecule has 1 amide bonds. The maximum Gasteiger partial charge on any atom is 0.226 e. The molecule has 0 saturated carbocycles. The molecule has 0 aromatic heterocycles. The van der Waals surface area contributed by atoms with Crippen molar-refractivity contribution >= 4 is 5.91 Å². The van der Waals surface area contributed by atoms with Gasteiger partial charge in [-0.2, -0.15) is 0 Å². The molecule has 0 saturated heterocycles. The van der Waals surface area contributed by atoms with Gasteiger partial charge in [0.2, 0.25) is 11.7 Å². The summed E-state index contributed by atoms with van der Waals surface area (Å²) >= 11 is 0. The highest BCUT2D eigenvalue weighted by atomic mass is 16.5. The van der Waals surface area contributed by atoms with Gasteiger partial charge >= 0.3 is 0 Å². The molecule has 2 aromatic carbocycles. The third-order valence-electron chi connectivity index (χ3n) is 4.51. The second kappa shape index (κ2) is 9.13. The average Bonchev–Trinajstić information content (AvgIpc) is 2.67. The summed E-state index contributed by atoms with van der Waals surface area (Å²) < 4.78 is 16.0. The SMILES string of the molecule is COc1cc(CC(=O)N(C)[C@@H](C)Cc2ccccc2)cc(OC)c1OC. The van der Waals surface area contributed by atoms with Gasteiger partial charge in [0.25, 0.3) is 0 Å². The van der Waals surface area contributed by atoms with Crippen LogP contribution in [0.5, 0.6) is 17.2 Å². The van der Waals surface area contributed by atoms with E-state index in [0.29, 0.717) is 17.2 Å². The van der Waals surface area contributed by atoms with Gasteiger partial charge in [0.05, 0.1) is 27.8 Å². The van der Waals surface area contributed by atoms with Gasteiger partial charge in [0.15, 0.2) is 11.5 Å². The lowest BCUT2D eigenvalue weighted by Gasteiger charge is -2.25. The normalized spacial score (nSPS) is 11.6. The maximum absolute atomic E-state index is 12.7. The molecule has 0 fully saturated rings. The topological polar surface area (TPSA) is 48.0 Å². The second-order valence-corrected chi connectivity index (χ2v) is 6.25. The van der Waals surface area contributed by atoms with Crippen LogP contribution in [0.3, 0.4) is 0 Å². The lowest BCUT2D eigenvalue weighted by Crippen LogP contribution is -2.37. The van der Waals surface area contributed by atoms with Crippen LogP contribution < -0.4 is 14.2 Å². The summed E-state index contributed by atoms with van der Waals surface area (Å²) in [6.45, 7) is 2.06. The Balaban J connectivity index is 2.10. The summed E-state index contributed by atoms with van der Waals surface area (Å²) in [4.78, 5) is 14.5. The number of methoxy groups -OCH3 is 3. The molecular weight excluding hydrogens is 330 g/mol. The number of hydrogen-bond acceptors (Lipinski definition) is 4. The molecule has 0 spiro atoms. The average molecular weight is 357 g/mol. The molecule has 0 radical (unpaired) electrons. The van der Waals surface area contributed by atoms with E-state index in [9.17, 15) is 4.79 Å². The van der Waals surface area contributed by atoms with Crippen LogP contribution in [-0.4, -0.2) is 45.2 Å². The molecule has 0 N–H and O–H groups in total. The first-order valence-corrected chi connectivity index (χ1v) is 8.58. The highest BCUT2D eigenvalue weighted by Crippen LogP contribution is 2.38. The number of ether oxygens (including phenoxy) is 3. The van der Waals surface area contributed by atoms with E-state index in [4.69, 9.17) is 14.2 Å². The summed E-state index contributed by atoms with van der Waals surface area (Å²) in [7, 11) is 6.53. The zero-order chi connectivity index (χ0) is 19.1. The van der Waals surface area contributed by atoms with Crippen LogP contribution in [0.25, 0.3) is 0 Å². The molecule has 5 nitrogen and oxygen atoms in total. The standard InChI is InChI=1S/C21H27NO4/c1-15(11-16-9-7-6-8-10-16)22(2)20(23)14-17-12-18(24-3)21(26-5)19(13-17)25-4/h6-10,12-13,15H,11,14H2,1-5H3/t15-/m0/s1. The molecule has 5 heteroatoms. The Bertz CT molecular complexity index is 705. The van der Waals surface area contributed by atoms with Crippen molar-refractivity contribution < 1.29 is 19.0 Å². The van der Waals surface area contributed by atoms with Crippen LogP contribution in [0.15, 0.2) is 42.5 Å². The van der Waals surface area contributed by atoms with Gasteiger partial charge in [-0.3, -0.25) is 4.79 Å². The number of benzene rings is 2. The zero-order valence-corrected chi connectivity index (χ0v) is 16.1. The predicted octanol–water partition coefficient (Wildman–Crippen LogP) is 3.34. The Hall–Kier alpha value is -2.69. The molecule has 0 unspecified atom stereocenters. The highest BCUT2D eigenvalue weighted by Gasteiger charge is 2.19. The van der Waals surface area contributed by atoms with Crippen LogP contribution in [0.1, 0.15) is 18.1 Å². The number of amides is 1. The predicted molar refractivity (Wildman–Crippen MR) is 102 cm³/mol. The molecule has 1 atom stereocenters. The van der Waals surface area contributed by atoms with Gasteiger partial charge < -0.3 is 19.1 Å². The fourth-order valence-electron chi connectivity index (χ4n) is 2.87. The summed E-state index contributed by atoms with van der Waals surface area (Å²) in [5.74, 6) is 1.67. The molecule has 0 heterocycles. The van der Waals surface area contributed by atoms with Crippen molar-refractivity contribution in [3.63, 3.8) is 0 Å². The fraction of sp³-hybridized carbons (Fsp3) is 0.381. The molecule has 0 aliphatic rings. The van der Waals surface area contributed by atoms with Gasteiger partial charge in [-0.15, -0.1) is 0 Å². The monoisotopic (exact) mass is 357 g/mol. The summed E-state index contributed by atoms with van der Waals surface area (Å²) in [5, 5.41) is 0. The van der Waals surface area contributed by atoms with Crippen molar-refractivity contribution in [1.29, 1.82) is 0 Å². The zero-order valence-electron chi connectivity index (χ0n) is 16.1. The van der Waals surface area contributed by atoms with Crippen molar-refractivity contribution in [2.75, 3.05) is 28.4 Å². The Morgan fingerprint density at radius 3 is 2.04 bits per heavy atom. The van der Waals surface area contributed by atoms with Crippen molar-refractivity contribution in [2.24, 2.45) is 0 Å². The minimum atomic E-state index is 0.0442. The van der Waals surface area contributed by atoms with Crippen molar-refractivity contribution in [3.05, 3.63) is 53.6 Å². The maximum atomic E-state index is 12.7. The minimum Gasteiger partial charge on any atom is -0.493 e. The van der Waals surface area contributed by atoms with E-state index < -0.39 is 0 Å². The van der Waals surface area contributed by atoms with Crippen LogP contribution in [0, 0.1) is 0 Å². The van der Waals surface area contributed by atoms with E-state index in [2.05, 4.69) is 19.1 Å². The number of nitrogens with zero attached hydrogens (tertiary/aromatic N) is 1.